The van der Waals surface area contributed by atoms with Crippen molar-refractivity contribution in [3.8, 4) is 5.75 Å². The Kier molecular flexibility index (Phi) is 2.42. The number of hydrogen-bond donors (Lipinski definition) is 0. The summed E-state index contributed by atoms with van der Waals surface area (Å²) in [6, 6.07) is 3.38. The predicted molar refractivity (Wildman–Crippen MR) is 61.1 cm³/mol. The zero-order chi connectivity index (χ0) is 9.42. The van der Waals surface area contributed by atoms with Gasteiger partial charge in [0.15, 0.2) is 11.6 Å². The molecule has 0 N–H and O–H groups in total. The molecule has 1 nitrogen and oxygen atoms in total. The van der Waals surface area contributed by atoms with Crippen molar-refractivity contribution in [1.82, 2.24) is 0 Å². The van der Waals surface area contributed by atoms with Crippen molar-refractivity contribution < 1.29 is 9.13 Å². The van der Waals surface area contributed by atoms with Crippen LogP contribution >= 0.6 is 33.9 Å². The summed E-state index contributed by atoms with van der Waals surface area (Å²) in [7, 11) is 1.49. The van der Waals surface area contributed by atoms with Crippen LogP contribution in [-0.4, -0.2) is 7.11 Å². The summed E-state index contributed by atoms with van der Waals surface area (Å²) >= 11 is 3.73. The standard InChI is InChI=1S/C9H6FIOS/c1-12-8-5-2-3-13-9(5)7(11)4-6(8)10/h2-4H,1H3. The lowest BCUT2D eigenvalue weighted by Crippen LogP contribution is -1.89. The third kappa shape index (κ3) is 1.42. The van der Waals surface area contributed by atoms with E-state index in [0.717, 1.165) is 13.7 Å². The molecular formula is C9H6FIOS. The Morgan fingerprint density at radius 3 is 3.00 bits per heavy atom. The molecule has 0 aliphatic rings. The molecule has 0 fully saturated rings. The molecule has 0 atom stereocenters. The molecule has 2 aromatic rings. The second kappa shape index (κ2) is 3.42. The Morgan fingerprint density at radius 1 is 1.54 bits per heavy atom. The first-order chi connectivity index (χ1) is 6.24. The quantitative estimate of drug-likeness (QED) is 0.731. The van der Waals surface area contributed by atoms with E-state index >= 15 is 0 Å². The molecule has 1 aromatic carbocycles. The number of fused-ring (bicyclic) bond motifs is 1. The first kappa shape index (κ1) is 9.21. The topological polar surface area (TPSA) is 9.23 Å². The first-order valence-electron chi connectivity index (χ1n) is 3.63. The number of rotatable bonds is 1. The lowest BCUT2D eigenvalue weighted by molar-refractivity contribution is 0.392. The monoisotopic (exact) mass is 308 g/mol. The van der Waals surface area contributed by atoms with Gasteiger partial charge in [-0.05, 0) is 40.1 Å². The lowest BCUT2D eigenvalue weighted by Gasteiger charge is -2.04. The van der Waals surface area contributed by atoms with Gasteiger partial charge < -0.3 is 4.74 Å². The Labute approximate surface area is 92.7 Å². The van der Waals surface area contributed by atoms with Gasteiger partial charge in [0.25, 0.3) is 0 Å². The van der Waals surface area contributed by atoms with Crippen molar-refractivity contribution in [3.63, 3.8) is 0 Å². The molecule has 0 aliphatic carbocycles. The lowest BCUT2D eigenvalue weighted by atomic mass is 10.2. The van der Waals surface area contributed by atoms with Crippen LogP contribution in [0, 0.1) is 9.39 Å². The highest BCUT2D eigenvalue weighted by Gasteiger charge is 2.11. The Hall–Kier alpha value is -0.360. The summed E-state index contributed by atoms with van der Waals surface area (Å²) in [5, 5.41) is 2.80. The summed E-state index contributed by atoms with van der Waals surface area (Å²) in [6.45, 7) is 0. The summed E-state index contributed by atoms with van der Waals surface area (Å²) in [4.78, 5) is 0. The number of methoxy groups -OCH3 is 1. The van der Waals surface area contributed by atoms with E-state index in [0.29, 0.717) is 5.75 Å². The van der Waals surface area contributed by atoms with E-state index in [1.165, 1.54) is 13.2 Å². The van der Waals surface area contributed by atoms with Gasteiger partial charge in [-0.2, -0.15) is 0 Å². The van der Waals surface area contributed by atoms with E-state index < -0.39 is 0 Å². The summed E-state index contributed by atoms with van der Waals surface area (Å²) in [5.41, 5.74) is 0. The predicted octanol–water partition coefficient (Wildman–Crippen LogP) is 3.65. The highest BCUT2D eigenvalue weighted by Crippen LogP contribution is 2.35. The van der Waals surface area contributed by atoms with Crippen molar-refractivity contribution in [1.29, 1.82) is 0 Å². The van der Waals surface area contributed by atoms with Gasteiger partial charge in [0.05, 0.1) is 11.8 Å². The second-order valence-corrected chi connectivity index (χ2v) is 4.62. The Morgan fingerprint density at radius 2 is 2.31 bits per heavy atom. The number of ether oxygens (including phenoxy) is 1. The van der Waals surface area contributed by atoms with Gasteiger partial charge >= 0.3 is 0 Å². The molecule has 2 rings (SSSR count). The summed E-state index contributed by atoms with van der Waals surface area (Å²) in [5.74, 6) is 0.0504. The maximum absolute atomic E-state index is 13.3. The molecule has 0 unspecified atom stereocenters. The van der Waals surface area contributed by atoms with Crippen LogP contribution in [0.25, 0.3) is 10.1 Å². The molecule has 0 spiro atoms. The largest absolute Gasteiger partial charge is 0.493 e. The summed E-state index contributed by atoms with van der Waals surface area (Å²) < 4.78 is 20.3. The SMILES string of the molecule is COc1c(F)cc(I)c2sccc12. The highest BCUT2D eigenvalue weighted by molar-refractivity contribution is 14.1. The second-order valence-electron chi connectivity index (χ2n) is 2.54. The third-order valence-corrected chi connectivity index (χ3v) is 3.97. The van der Waals surface area contributed by atoms with Crippen LogP contribution in [0.5, 0.6) is 5.75 Å². The molecule has 0 radical (unpaired) electrons. The number of benzene rings is 1. The smallest absolute Gasteiger partial charge is 0.166 e. The van der Waals surface area contributed by atoms with Gasteiger partial charge in [0.2, 0.25) is 0 Å². The maximum Gasteiger partial charge on any atom is 0.166 e. The van der Waals surface area contributed by atoms with Crippen molar-refractivity contribution in [2.24, 2.45) is 0 Å². The zero-order valence-corrected chi connectivity index (χ0v) is 9.78. The van der Waals surface area contributed by atoms with E-state index in [1.807, 2.05) is 11.4 Å². The van der Waals surface area contributed by atoms with Crippen LogP contribution in [0.15, 0.2) is 17.5 Å². The van der Waals surface area contributed by atoms with Crippen LogP contribution in [-0.2, 0) is 0 Å². The minimum Gasteiger partial charge on any atom is -0.493 e. The van der Waals surface area contributed by atoms with E-state index in [-0.39, 0.29) is 5.82 Å². The van der Waals surface area contributed by atoms with E-state index in [2.05, 4.69) is 22.6 Å². The van der Waals surface area contributed by atoms with Gasteiger partial charge in [-0.3, -0.25) is 0 Å². The van der Waals surface area contributed by atoms with Crippen LogP contribution < -0.4 is 4.74 Å². The molecular weight excluding hydrogens is 302 g/mol. The fourth-order valence-corrected chi connectivity index (χ4v) is 3.00. The average molecular weight is 308 g/mol. The number of halogens is 2. The molecule has 0 amide bonds. The van der Waals surface area contributed by atoms with Crippen LogP contribution in [0.2, 0.25) is 0 Å². The van der Waals surface area contributed by atoms with E-state index in [4.69, 9.17) is 4.74 Å². The molecule has 4 heteroatoms. The first-order valence-corrected chi connectivity index (χ1v) is 5.59. The van der Waals surface area contributed by atoms with Gasteiger partial charge in [0.1, 0.15) is 0 Å². The highest BCUT2D eigenvalue weighted by atomic mass is 127. The van der Waals surface area contributed by atoms with Crippen LogP contribution in [0.1, 0.15) is 0 Å². The Balaban J connectivity index is 2.88. The van der Waals surface area contributed by atoms with E-state index in [9.17, 15) is 4.39 Å². The molecule has 68 valence electrons. The average Bonchev–Trinajstić information content (AvgIpc) is 2.53. The normalized spacial score (nSPS) is 10.7. The minimum atomic E-state index is -0.294. The van der Waals surface area contributed by atoms with Crippen molar-refractivity contribution >= 4 is 44.0 Å². The molecule has 0 bridgehead atoms. The van der Waals surface area contributed by atoms with Gasteiger partial charge in [-0.15, -0.1) is 11.3 Å². The minimum absolute atomic E-state index is 0.294. The fraction of sp³-hybridized carbons (Fsp3) is 0.111. The molecule has 1 heterocycles. The van der Waals surface area contributed by atoms with Gasteiger partial charge in [0, 0.05) is 8.96 Å². The molecule has 0 aliphatic heterocycles. The van der Waals surface area contributed by atoms with Crippen LogP contribution in [0.4, 0.5) is 4.39 Å². The van der Waals surface area contributed by atoms with Crippen molar-refractivity contribution in [2.75, 3.05) is 7.11 Å². The molecule has 13 heavy (non-hydrogen) atoms. The summed E-state index contributed by atoms with van der Waals surface area (Å²) in [6.07, 6.45) is 0. The fourth-order valence-electron chi connectivity index (χ4n) is 1.25. The van der Waals surface area contributed by atoms with Crippen LogP contribution in [0.3, 0.4) is 0 Å². The zero-order valence-electron chi connectivity index (χ0n) is 6.80. The van der Waals surface area contributed by atoms with Crippen molar-refractivity contribution in [3.05, 3.63) is 26.9 Å². The van der Waals surface area contributed by atoms with Gasteiger partial charge in [-0.1, -0.05) is 0 Å². The Bertz CT molecular complexity index is 452. The molecule has 0 saturated carbocycles. The van der Waals surface area contributed by atoms with Gasteiger partial charge in [-0.25, -0.2) is 4.39 Å². The molecule has 1 aromatic heterocycles. The third-order valence-electron chi connectivity index (χ3n) is 1.80. The van der Waals surface area contributed by atoms with Crippen molar-refractivity contribution in [2.45, 2.75) is 0 Å². The maximum atomic E-state index is 13.3. The number of thiophene rings is 1. The number of hydrogen-bond acceptors (Lipinski definition) is 2. The molecule has 0 saturated heterocycles. The van der Waals surface area contributed by atoms with E-state index in [1.54, 1.807) is 11.3 Å².